The van der Waals surface area contributed by atoms with Crippen LogP contribution in [0.2, 0.25) is 0 Å². The van der Waals surface area contributed by atoms with Crippen molar-refractivity contribution in [2.45, 2.75) is 13.5 Å². The molecule has 41 heavy (non-hydrogen) atoms. The molecule has 0 bridgehead atoms. The van der Waals surface area contributed by atoms with Gasteiger partial charge in [-0.3, -0.25) is 15.1 Å². The summed E-state index contributed by atoms with van der Waals surface area (Å²) >= 11 is 0. The number of ether oxygens (including phenoxy) is 1. The van der Waals surface area contributed by atoms with Crippen molar-refractivity contribution in [3.8, 4) is 39.7 Å². The zero-order valence-corrected chi connectivity index (χ0v) is 23.2. The fourth-order valence-electron chi connectivity index (χ4n) is 4.78. The molecule has 0 radical (unpaired) electrons. The van der Waals surface area contributed by atoms with E-state index in [0.717, 1.165) is 64.1 Å². The molecule has 1 aromatic carbocycles. The molecule has 0 unspecified atom stereocenters. The average molecular weight is 551 g/mol. The van der Waals surface area contributed by atoms with Crippen LogP contribution in [0.3, 0.4) is 0 Å². The topological polar surface area (TPSA) is 108 Å². The second kappa shape index (κ2) is 11.4. The minimum absolute atomic E-state index is 0.379. The highest BCUT2D eigenvalue weighted by molar-refractivity contribution is 5.99. The normalized spacial score (nSPS) is 11.6. The maximum Gasteiger partial charge on any atom is 0.135 e. The second-order valence-electron chi connectivity index (χ2n) is 10.2. The Balaban J connectivity index is 1.37. The number of H-pyrrole nitrogens is 2. The third-order valence-corrected chi connectivity index (χ3v) is 6.83. The maximum absolute atomic E-state index is 14.6. The number of rotatable bonds is 10. The van der Waals surface area contributed by atoms with Crippen LogP contribution in [0.4, 0.5) is 4.39 Å². The number of aromatic amines is 2. The molecule has 0 spiro atoms. The number of hydrogen-bond acceptors (Lipinski definition) is 7. The van der Waals surface area contributed by atoms with Crippen molar-refractivity contribution in [1.29, 1.82) is 0 Å². The predicted octanol–water partition coefficient (Wildman–Crippen LogP) is 5.42. The molecule has 0 aliphatic rings. The zero-order valence-electron chi connectivity index (χ0n) is 23.2. The molecule has 6 rings (SSSR count). The molecule has 0 fully saturated rings. The van der Waals surface area contributed by atoms with Crippen LogP contribution in [0.1, 0.15) is 12.5 Å². The number of halogens is 1. The summed E-state index contributed by atoms with van der Waals surface area (Å²) < 4.78 is 20.4. The smallest absolute Gasteiger partial charge is 0.135 e. The Bertz CT molecular complexity index is 1830. The molecule has 0 aliphatic heterocycles. The maximum atomic E-state index is 14.6. The van der Waals surface area contributed by atoms with Gasteiger partial charge in [-0.1, -0.05) is 6.92 Å². The second-order valence-corrected chi connectivity index (χ2v) is 10.2. The standard InChI is InChI=1S/C31H31FN8O/c1-4-33-16-19-11-21(18-34-17-19)25-5-6-27-30(37-25)31(39-38-27)28-15-24-26(36-28)7-8-35-29(24)20-12-22(32)14-23(13-20)41-10-9-40(2)3/h5-8,11-15,17-18,33,36H,4,9-10,16H2,1-3H3,(H,38,39). The van der Waals surface area contributed by atoms with E-state index < -0.39 is 0 Å². The molecule has 10 heteroatoms. The highest BCUT2D eigenvalue weighted by atomic mass is 19.1. The summed E-state index contributed by atoms with van der Waals surface area (Å²) in [6.45, 7) is 4.90. The summed E-state index contributed by atoms with van der Waals surface area (Å²) in [5.41, 5.74) is 8.02. The number of hydrogen-bond donors (Lipinski definition) is 3. The molecule has 208 valence electrons. The van der Waals surface area contributed by atoms with E-state index in [9.17, 15) is 4.39 Å². The third-order valence-electron chi connectivity index (χ3n) is 6.83. The van der Waals surface area contributed by atoms with Crippen LogP contribution in [0.25, 0.3) is 55.8 Å². The van der Waals surface area contributed by atoms with Crippen LogP contribution in [0.15, 0.2) is 67.1 Å². The van der Waals surface area contributed by atoms with Crippen LogP contribution in [0.5, 0.6) is 5.75 Å². The first-order valence-electron chi connectivity index (χ1n) is 13.5. The summed E-state index contributed by atoms with van der Waals surface area (Å²) in [5, 5.41) is 11.9. The SMILES string of the molecule is CCNCc1cncc(-c2ccc3[nH]nc(-c4cc5c(-c6cc(F)cc(OCCN(C)C)c6)nccc5[nH]4)c3n2)c1. The van der Waals surface area contributed by atoms with Crippen LogP contribution in [-0.2, 0) is 6.54 Å². The van der Waals surface area contributed by atoms with Gasteiger partial charge in [0.15, 0.2) is 0 Å². The summed E-state index contributed by atoms with van der Waals surface area (Å²) in [6, 6.07) is 14.6. The highest BCUT2D eigenvalue weighted by Crippen LogP contribution is 2.34. The van der Waals surface area contributed by atoms with E-state index in [0.29, 0.717) is 29.3 Å². The number of nitrogens with one attached hydrogen (secondary N) is 3. The van der Waals surface area contributed by atoms with Crippen molar-refractivity contribution in [3.63, 3.8) is 0 Å². The van der Waals surface area contributed by atoms with Crippen molar-refractivity contribution in [2.75, 3.05) is 33.8 Å². The van der Waals surface area contributed by atoms with Gasteiger partial charge < -0.3 is 19.9 Å². The quantitative estimate of drug-likeness (QED) is 0.209. The van der Waals surface area contributed by atoms with Gasteiger partial charge in [-0.25, -0.2) is 9.37 Å². The van der Waals surface area contributed by atoms with Gasteiger partial charge in [-0.2, -0.15) is 5.10 Å². The van der Waals surface area contributed by atoms with Gasteiger partial charge in [0, 0.05) is 59.8 Å². The number of pyridine rings is 3. The van der Waals surface area contributed by atoms with Gasteiger partial charge in [-0.05, 0) is 68.7 Å². The van der Waals surface area contributed by atoms with E-state index in [2.05, 4.69) is 43.5 Å². The predicted molar refractivity (Wildman–Crippen MR) is 159 cm³/mol. The Morgan fingerprint density at radius 3 is 2.73 bits per heavy atom. The summed E-state index contributed by atoms with van der Waals surface area (Å²) in [4.78, 5) is 19.4. The third kappa shape index (κ3) is 5.65. The van der Waals surface area contributed by atoms with Crippen LogP contribution in [-0.4, -0.2) is 68.8 Å². The van der Waals surface area contributed by atoms with Gasteiger partial charge in [0.1, 0.15) is 29.4 Å². The first-order chi connectivity index (χ1) is 20.0. The van der Waals surface area contributed by atoms with Crippen molar-refractivity contribution in [2.24, 2.45) is 0 Å². The number of nitrogens with zero attached hydrogens (tertiary/aromatic N) is 5. The Labute approximate surface area is 236 Å². The molecule has 0 atom stereocenters. The molecule has 5 heterocycles. The summed E-state index contributed by atoms with van der Waals surface area (Å²) in [5.74, 6) is 0.0893. The lowest BCUT2D eigenvalue weighted by molar-refractivity contribution is 0.260. The van der Waals surface area contributed by atoms with Crippen molar-refractivity contribution in [1.82, 2.24) is 40.3 Å². The summed E-state index contributed by atoms with van der Waals surface area (Å²) in [7, 11) is 3.93. The molecule has 5 aromatic heterocycles. The van der Waals surface area contributed by atoms with E-state index in [-0.39, 0.29) is 5.82 Å². The van der Waals surface area contributed by atoms with E-state index in [1.54, 1.807) is 6.20 Å². The fraction of sp³-hybridized carbons (Fsp3) is 0.226. The van der Waals surface area contributed by atoms with Gasteiger partial charge in [-0.15, -0.1) is 0 Å². The van der Waals surface area contributed by atoms with Gasteiger partial charge in [0.2, 0.25) is 0 Å². The van der Waals surface area contributed by atoms with Crippen LogP contribution < -0.4 is 10.1 Å². The Kier molecular flexibility index (Phi) is 7.41. The Hall–Kier alpha value is -4.67. The number of fused-ring (bicyclic) bond motifs is 2. The molecule has 9 nitrogen and oxygen atoms in total. The van der Waals surface area contributed by atoms with Crippen LogP contribution >= 0.6 is 0 Å². The number of likely N-dealkylation sites (N-methyl/N-ethyl adjacent to an activating group) is 1. The number of aromatic nitrogens is 6. The number of benzene rings is 1. The molecule has 3 N–H and O–H groups in total. The molecule has 0 saturated heterocycles. The first-order valence-corrected chi connectivity index (χ1v) is 13.5. The van der Waals surface area contributed by atoms with E-state index in [1.807, 2.05) is 61.7 Å². The fourth-order valence-corrected chi connectivity index (χ4v) is 4.78. The molecule has 6 aromatic rings. The van der Waals surface area contributed by atoms with E-state index >= 15 is 0 Å². The lowest BCUT2D eigenvalue weighted by Crippen LogP contribution is -2.19. The molecule has 0 aliphatic carbocycles. The van der Waals surface area contributed by atoms with Gasteiger partial charge in [0.25, 0.3) is 0 Å². The lowest BCUT2D eigenvalue weighted by Gasteiger charge is -2.12. The van der Waals surface area contributed by atoms with Gasteiger partial charge in [0.05, 0.1) is 22.6 Å². The Morgan fingerprint density at radius 2 is 1.88 bits per heavy atom. The zero-order chi connectivity index (χ0) is 28.3. The largest absolute Gasteiger partial charge is 0.492 e. The average Bonchev–Trinajstić information content (AvgIpc) is 3.59. The molecule has 0 amide bonds. The first kappa shape index (κ1) is 26.5. The Morgan fingerprint density at radius 1 is 0.976 bits per heavy atom. The van der Waals surface area contributed by atoms with Crippen molar-refractivity contribution in [3.05, 3.63) is 78.5 Å². The highest BCUT2D eigenvalue weighted by Gasteiger charge is 2.17. The van der Waals surface area contributed by atoms with E-state index in [4.69, 9.17) is 9.72 Å². The molecule has 0 saturated carbocycles. The monoisotopic (exact) mass is 550 g/mol. The molecular formula is C31H31FN8O. The minimum Gasteiger partial charge on any atom is -0.492 e. The van der Waals surface area contributed by atoms with Crippen molar-refractivity contribution >= 4 is 21.9 Å². The van der Waals surface area contributed by atoms with Gasteiger partial charge >= 0.3 is 0 Å². The minimum atomic E-state index is -0.379. The van der Waals surface area contributed by atoms with Crippen LogP contribution in [0, 0.1) is 5.82 Å². The lowest BCUT2D eigenvalue weighted by atomic mass is 10.1. The summed E-state index contributed by atoms with van der Waals surface area (Å²) in [6.07, 6.45) is 5.39. The van der Waals surface area contributed by atoms with Crippen molar-refractivity contribution < 1.29 is 9.13 Å². The van der Waals surface area contributed by atoms with E-state index in [1.165, 1.54) is 12.1 Å². The molecular weight excluding hydrogens is 519 g/mol.